The van der Waals surface area contributed by atoms with Gasteiger partial charge in [0.1, 0.15) is 17.6 Å². The molecular weight excluding hydrogens is 313 g/mol. The predicted octanol–water partition coefficient (Wildman–Crippen LogP) is 4.66. The number of carbonyl (C=O) groups is 1. The molecule has 0 fully saturated rings. The van der Waals surface area contributed by atoms with E-state index >= 15 is 0 Å². The number of ether oxygens (including phenoxy) is 1. The highest BCUT2D eigenvalue weighted by Crippen LogP contribution is 2.20. The summed E-state index contributed by atoms with van der Waals surface area (Å²) < 4.78 is 20.6. The highest BCUT2D eigenvalue weighted by molar-refractivity contribution is 7.09. The number of carbonyl (C=O) groups excluding carboxylic acids is 1. The van der Waals surface area contributed by atoms with Crippen molar-refractivity contribution in [3.8, 4) is 0 Å². The Morgan fingerprint density at radius 1 is 1.26 bits per heavy atom. The molecular formula is C18H16FNO2S. The van der Waals surface area contributed by atoms with Gasteiger partial charge >= 0.3 is 5.97 Å². The molecule has 3 rings (SSSR count). The van der Waals surface area contributed by atoms with Gasteiger partial charge in [-0.2, -0.15) is 0 Å². The van der Waals surface area contributed by atoms with Crippen molar-refractivity contribution in [3.63, 3.8) is 0 Å². The first-order valence-electron chi connectivity index (χ1n) is 7.27. The fourth-order valence-corrected chi connectivity index (χ4v) is 3.06. The van der Waals surface area contributed by atoms with Crippen molar-refractivity contribution in [1.29, 1.82) is 0 Å². The molecule has 0 saturated heterocycles. The first kappa shape index (κ1) is 15.5. The molecule has 0 N–H and O–H groups in total. The molecule has 5 heteroatoms. The molecule has 0 unspecified atom stereocenters. The Kier molecular flexibility index (Phi) is 4.57. The Morgan fingerprint density at radius 2 is 2.13 bits per heavy atom. The van der Waals surface area contributed by atoms with Crippen LogP contribution in [0.15, 0.2) is 60.1 Å². The van der Waals surface area contributed by atoms with Crippen molar-refractivity contribution < 1.29 is 13.9 Å². The van der Waals surface area contributed by atoms with Crippen LogP contribution in [0.2, 0.25) is 0 Å². The monoisotopic (exact) mass is 329 g/mol. The molecule has 118 valence electrons. The van der Waals surface area contributed by atoms with Gasteiger partial charge in [-0.15, -0.1) is 11.3 Å². The zero-order valence-electron chi connectivity index (χ0n) is 12.6. The zero-order valence-corrected chi connectivity index (χ0v) is 13.4. The minimum atomic E-state index is -0.511. The van der Waals surface area contributed by atoms with Gasteiger partial charge in [0.05, 0.1) is 6.54 Å². The van der Waals surface area contributed by atoms with Crippen LogP contribution >= 0.6 is 11.3 Å². The van der Waals surface area contributed by atoms with Crippen molar-refractivity contribution in [3.05, 3.63) is 82.1 Å². The molecule has 0 radical (unpaired) electrons. The van der Waals surface area contributed by atoms with Gasteiger partial charge in [-0.25, -0.2) is 9.18 Å². The van der Waals surface area contributed by atoms with Crippen molar-refractivity contribution in [1.82, 2.24) is 4.57 Å². The number of aromatic nitrogens is 1. The Morgan fingerprint density at radius 3 is 2.87 bits per heavy atom. The molecule has 0 aliphatic heterocycles. The van der Waals surface area contributed by atoms with Crippen LogP contribution in [-0.2, 0) is 11.3 Å². The molecule has 0 aliphatic carbocycles. The second-order valence-corrected chi connectivity index (χ2v) is 6.24. The van der Waals surface area contributed by atoms with E-state index < -0.39 is 12.1 Å². The van der Waals surface area contributed by atoms with Gasteiger partial charge in [-0.1, -0.05) is 18.2 Å². The molecule has 0 spiro atoms. The van der Waals surface area contributed by atoms with Gasteiger partial charge in [-0.3, -0.25) is 0 Å². The minimum absolute atomic E-state index is 0.341. The van der Waals surface area contributed by atoms with E-state index in [-0.39, 0.29) is 5.82 Å². The standard InChI is InChI=1S/C18H16FNO2S/c1-13(14-5-2-6-15(19)11-14)22-18(21)17-8-3-9-20(17)12-16-7-4-10-23-16/h2-11,13H,12H2,1H3/t13-/m0/s1. The summed E-state index contributed by atoms with van der Waals surface area (Å²) in [6.07, 6.45) is 1.34. The summed E-state index contributed by atoms with van der Waals surface area (Å²) in [7, 11) is 0. The molecule has 2 heterocycles. The molecule has 23 heavy (non-hydrogen) atoms. The fraction of sp³-hybridized carbons (Fsp3) is 0.167. The lowest BCUT2D eigenvalue weighted by Crippen LogP contribution is -2.14. The molecule has 3 aromatic rings. The molecule has 2 aromatic heterocycles. The molecule has 0 aliphatic rings. The maximum atomic E-state index is 13.3. The second kappa shape index (κ2) is 6.79. The average Bonchev–Trinajstić information content (AvgIpc) is 3.19. The largest absolute Gasteiger partial charge is 0.453 e. The highest BCUT2D eigenvalue weighted by Gasteiger charge is 2.17. The predicted molar refractivity (Wildman–Crippen MR) is 88.1 cm³/mol. The van der Waals surface area contributed by atoms with Crippen molar-refractivity contribution in [2.24, 2.45) is 0 Å². The smallest absolute Gasteiger partial charge is 0.355 e. The number of benzene rings is 1. The Balaban J connectivity index is 1.72. The Bertz CT molecular complexity index is 795. The number of rotatable bonds is 5. The molecule has 0 amide bonds. The van der Waals surface area contributed by atoms with Crippen LogP contribution in [0.25, 0.3) is 0 Å². The summed E-state index contributed by atoms with van der Waals surface area (Å²) in [6.45, 7) is 2.36. The number of esters is 1. The normalized spacial score (nSPS) is 12.1. The lowest BCUT2D eigenvalue weighted by atomic mass is 10.1. The lowest BCUT2D eigenvalue weighted by molar-refractivity contribution is 0.0325. The highest BCUT2D eigenvalue weighted by atomic mass is 32.1. The number of nitrogens with zero attached hydrogens (tertiary/aromatic N) is 1. The number of hydrogen-bond acceptors (Lipinski definition) is 3. The van der Waals surface area contributed by atoms with E-state index in [1.54, 1.807) is 36.5 Å². The number of thiophene rings is 1. The molecule has 1 atom stereocenters. The van der Waals surface area contributed by atoms with Gasteiger partial charge in [0.15, 0.2) is 0 Å². The van der Waals surface area contributed by atoms with Crippen LogP contribution < -0.4 is 0 Å². The summed E-state index contributed by atoms with van der Waals surface area (Å²) in [6, 6.07) is 13.6. The first-order valence-corrected chi connectivity index (χ1v) is 8.15. The average molecular weight is 329 g/mol. The van der Waals surface area contributed by atoms with E-state index in [4.69, 9.17) is 4.74 Å². The van der Waals surface area contributed by atoms with Crippen LogP contribution in [0.4, 0.5) is 4.39 Å². The third-order valence-electron chi connectivity index (χ3n) is 3.55. The summed E-state index contributed by atoms with van der Waals surface area (Å²) in [5, 5.41) is 2.00. The van der Waals surface area contributed by atoms with E-state index in [1.165, 1.54) is 12.1 Å². The van der Waals surface area contributed by atoms with Gasteiger partial charge in [0, 0.05) is 11.1 Å². The second-order valence-electron chi connectivity index (χ2n) is 5.20. The third kappa shape index (κ3) is 3.68. The van der Waals surface area contributed by atoms with Crippen LogP contribution in [0.5, 0.6) is 0 Å². The van der Waals surface area contributed by atoms with E-state index in [0.717, 1.165) is 4.88 Å². The quantitative estimate of drug-likeness (QED) is 0.638. The maximum absolute atomic E-state index is 13.3. The summed E-state index contributed by atoms with van der Waals surface area (Å²) in [5.41, 5.74) is 1.12. The van der Waals surface area contributed by atoms with E-state index in [9.17, 15) is 9.18 Å². The molecule has 0 saturated carbocycles. The van der Waals surface area contributed by atoms with Crippen LogP contribution in [0.3, 0.4) is 0 Å². The maximum Gasteiger partial charge on any atom is 0.355 e. The number of hydrogen-bond donors (Lipinski definition) is 0. The summed E-state index contributed by atoms with van der Waals surface area (Å²) in [5.74, 6) is -0.755. The molecule has 1 aromatic carbocycles. The van der Waals surface area contributed by atoms with E-state index in [2.05, 4.69) is 0 Å². The minimum Gasteiger partial charge on any atom is -0.453 e. The van der Waals surface area contributed by atoms with E-state index in [0.29, 0.717) is 17.8 Å². The topological polar surface area (TPSA) is 31.2 Å². The Labute approximate surface area is 138 Å². The Hall–Kier alpha value is -2.40. The summed E-state index contributed by atoms with van der Waals surface area (Å²) >= 11 is 1.64. The van der Waals surface area contributed by atoms with Crippen molar-refractivity contribution in [2.75, 3.05) is 0 Å². The van der Waals surface area contributed by atoms with Crippen molar-refractivity contribution >= 4 is 17.3 Å². The van der Waals surface area contributed by atoms with Gasteiger partial charge in [0.2, 0.25) is 0 Å². The third-order valence-corrected chi connectivity index (χ3v) is 4.41. The number of halogens is 1. The van der Waals surface area contributed by atoms with Crippen LogP contribution in [0.1, 0.15) is 34.0 Å². The van der Waals surface area contributed by atoms with Crippen LogP contribution in [-0.4, -0.2) is 10.5 Å². The fourth-order valence-electron chi connectivity index (χ4n) is 2.36. The molecule has 0 bridgehead atoms. The zero-order chi connectivity index (χ0) is 16.2. The van der Waals surface area contributed by atoms with Gasteiger partial charge in [0.25, 0.3) is 0 Å². The molecule has 3 nitrogen and oxygen atoms in total. The lowest BCUT2D eigenvalue weighted by Gasteiger charge is -2.15. The van der Waals surface area contributed by atoms with Crippen molar-refractivity contribution in [2.45, 2.75) is 19.6 Å². The van der Waals surface area contributed by atoms with Gasteiger partial charge in [-0.05, 0) is 48.2 Å². The first-order chi connectivity index (χ1) is 11.1. The SMILES string of the molecule is C[C@H](OC(=O)c1cccn1Cc1cccs1)c1cccc(F)c1. The van der Waals surface area contributed by atoms with Crippen LogP contribution in [0, 0.1) is 5.82 Å². The summed E-state index contributed by atoms with van der Waals surface area (Å²) in [4.78, 5) is 13.6. The van der Waals surface area contributed by atoms with E-state index in [1.807, 2.05) is 34.3 Å². The van der Waals surface area contributed by atoms with Gasteiger partial charge < -0.3 is 9.30 Å².